The Labute approximate surface area is 111 Å². The molecule has 2 heteroatoms. The maximum Gasteiger partial charge on any atom is 0.0483 e. The summed E-state index contributed by atoms with van der Waals surface area (Å²) in [5.74, 6) is 0. The zero-order valence-corrected chi connectivity index (χ0v) is 11.5. The molecule has 2 nitrogen and oxygen atoms in total. The molecule has 0 spiro atoms. The van der Waals surface area contributed by atoms with Crippen LogP contribution in [0.25, 0.3) is 0 Å². The van der Waals surface area contributed by atoms with E-state index in [1.165, 1.54) is 24.8 Å². The van der Waals surface area contributed by atoms with Gasteiger partial charge < -0.3 is 10.1 Å². The van der Waals surface area contributed by atoms with E-state index in [1.54, 1.807) is 0 Å². The Hall–Kier alpha value is -0.860. The van der Waals surface area contributed by atoms with Crippen LogP contribution in [0.15, 0.2) is 30.3 Å². The lowest BCUT2D eigenvalue weighted by molar-refractivity contribution is 0.0453. The predicted molar refractivity (Wildman–Crippen MR) is 75.8 cm³/mol. The maximum atomic E-state index is 5.41. The van der Waals surface area contributed by atoms with E-state index >= 15 is 0 Å². The lowest BCUT2D eigenvalue weighted by atomic mass is 9.92. The first-order valence-corrected chi connectivity index (χ1v) is 7.15. The lowest BCUT2D eigenvalue weighted by Crippen LogP contribution is -2.47. The van der Waals surface area contributed by atoms with Crippen LogP contribution >= 0.6 is 0 Å². The molecule has 100 valence electrons. The van der Waals surface area contributed by atoms with Gasteiger partial charge in [-0.2, -0.15) is 0 Å². The maximum absolute atomic E-state index is 5.41. The normalized spacial score (nSPS) is 18.7. The summed E-state index contributed by atoms with van der Waals surface area (Å²) in [4.78, 5) is 0. The van der Waals surface area contributed by atoms with Crippen LogP contribution in [0.5, 0.6) is 0 Å². The fourth-order valence-electron chi connectivity index (χ4n) is 2.49. The van der Waals surface area contributed by atoms with Crippen molar-refractivity contribution < 1.29 is 4.74 Å². The molecule has 1 saturated heterocycles. The van der Waals surface area contributed by atoms with Gasteiger partial charge in [0, 0.05) is 18.8 Å². The highest BCUT2D eigenvalue weighted by Gasteiger charge is 2.25. The van der Waals surface area contributed by atoms with Crippen LogP contribution in [0.2, 0.25) is 0 Å². The minimum absolute atomic E-state index is 0.311. The number of hydrogen-bond donors (Lipinski definition) is 1. The second kappa shape index (κ2) is 6.91. The number of hydrogen-bond acceptors (Lipinski definition) is 2. The average molecular weight is 247 g/mol. The Morgan fingerprint density at radius 2 is 1.83 bits per heavy atom. The molecule has 0 aromatic heterocycles. The van der Waals surface area contributed by atoms with E-state index in [-0.39, 0.29) is 0 Å². The molecular weight excluding hydrogens is 222 g/mol. The van der Waals surface area contributed by atoms with Gasteiger partial charge in [-0.3, -0.25) is 0 Å². The minimum atomic E-state index is 0.311. The molecule has 2 rings (SSSR count). The Kier molecular flexibility index (Phi) is 5.21. The van der Waals surface area contributed by atoms with Crippen molar-refractivity contribution in [2.75, 3.05) is 19.8 Å². The summed E-state index contributed by atoms with van der Waals surface area (Å²) in [5, 5.41) is 3.70. The Morgan fingerprint density at radius 1 is 1.11 bits per heavy atom. The molecule has 0 radical (unpaired) electrons. The van der Waals surface area contributed by atoms with Gasteiger partial charge >= 0.3 is 0 Å². The average Bonchev–Trinajstić information content (AvgIpc) is 2.40. The summed E-state index contributed by atoms with van der Waals surface area (Å²) >= 11 is 0. The van der Waals surface area contributed by atoms with Crippen molar-refractivity contribution in [2.24, 2.45) is 0 Å². The first-order valence-electron chi connectivity index (χ1n) is 7.15. The molecule has 0 unspecified atom stereocenters. The number of rotatable bonds is 6. The second-order valence-corrected chi connectivity index (χ2v) is 5.54. The van der Waals surface area contributed by atoms with Gasteiger partial charge in [0.25, 0.3) is 0 Å². The highest BCUT2D eigenvalue weighted by atomic mass is 16.5. The molecule has 1 aliphatic heterocycles. The Bertz CT molecular complexity index is 330. The van der Waals surface area contributed by atoms with E-state index < -0.39 is 0 Å². The van der Waals surface area contributed by atoms with E-state index in [0.29, 0.717) is 5.54 Å². The molecular formula is C16H25NO. The number of nitrogens with one attached hydrogen (secondary N) is 1. The quantitative estimate of drug-likeness (QED) is 0.780. The third-order valence-electron chi connectivity index (χ3n) is 3.88. The molecule has 0 amide bonds. The summed E-state index contributed by atoms with van der Waals surface area (Å²) in [7, 11) is 0. The predicted octanol–water partition coefficient (Wildman–Crippen LogP) is 3.17. The standard InChI is InChI=1S/C16H25NO/c1-16(10-13-18-14-11-16)17-12-6-5-9-15-7-3-2-4-8-15/h2-4,7-8,17H,5-6,9-14H2,1H3. The molecule has 18 heavy (non-hydrogen) atoms. The SMILES string of the molecule is CC1(NCCCCc2ccccc2)CCOCC1. The lowest BCUT2D eigenvalue weighted by Gasteiger charge is -2.34. The van der Waals surface area contributed by atoms with Crippen LogP contribution in [-0.4, -0.2) is 25.3 Å². The zero-order valence-electron chi connectivity index (χ0n) is 11.5. The van der Waals surface area contributed by atoms with Crippen LogP contribution < -0.4 is 5.32 Å². The van der Waals surface area contributed by atoms with Gasteiger partial charge in [0.05, 0.1) is 0 Å². The molecule has 1 aliphatic rings. The second-order valence-electron chi connectivity index (χ2n) is 5.54. The van der Waals surface area contributed by atoms with Gasteiger partial charge in [-0.25, -0.2) is 0 Å². The third kappa shape index (κ3) is 4.43. The van der Waals surface area contributed by atoms with Crippen LogP contribution in [0, 0.1) is 0 Å². The Balaban J connectivity index is 1.58. The highest BCUT2D eigenvalue weighted by molar-refractivity contribution is 5.14. The molecule has 0 bridgehead atoms. The van der Waals surface area contributed by atoms with Crippen LogP contribution in [-0.2, 0) is 11.2 Å². The topological polar surface area (TPSA) is 21.3 Å². The summed E-state index contributed by atoms with van der Waals surface area (Å²) in [6, 6.07) is 10.8. The van der Waals surface area contributed by atoms with E-state index in [1.807, 2.05) is 0 Å². The third-order valence-corrected chi connectivity index (χ3v) is 3.88. The molecule has 1 heterocycles. The van der Waals surface area contributed by atoms with Gasteiger partial charge in [0.2, 0.25) is 0 Å². The van der Waals surface area contributed by atoms with Crippen molar-refractivity contribution in [3.05, 3.63) is 35.9 Å². The van der Waals surface area contributed by atoms with Gasteiger partial charge in [-0.05, 0) is 51.1 Å². The van der Waals surface area contributed by atoms with E-state index in [2.05, 4.69) is 42.6 Å². The largest absolute Gasteiger partial charge is 0.381 e. The van der Waals surface area contributed by atoms with Crippen LogP contribution in [0.1, 0.15) is 38.2 Å². The van der Waals surface area contributed by atoms with Gasteiger partial charge in [-0.1, -0.05) is 30.3 Å². The molecule has 1 aromatic rings. The van der Waals surface area contributed by atoms with Gasteiger partial charge in [0.1, 0.15) is 0 Å². The van der Waals surface area contributed by atoms with E-state index in [4.69, 9.17) is 4.74 Å². The summed E-state index contributed by atoms with van der Waals surface area (Å²) in [5.41, 5.74) is 1.76. The van der Waals surface area contributed by atoms with Crippen molar-refractivity contribution >= 4 is 0 Å². The van der Waals surface area contributed by atoms with Crippen molar-refractivity contribution in [3.63, 3.8) is 0 Å². The number of unbranched alkanes of at least 4 members (excludes halogenated alkanes) is 1. The van der Waals surface area contributed by atoms with E-state index in [0.717, 1.165) is 32.6 Å². The van der Waals surface area contributed by atoms with Crippen LogP contribution in [0.4, 0.5) is 0 Å². The van der Waals surface area contributed by atoms with Gasteiger partial charge in [-0.15, -0.1) is 0 Å². The molecule has 1 aromatic carbocycles. The molecule has 1 N–H and O–H groups in total. The molecule has 0 saturated carbocycles. The Morgan fingerprint density at radius 3 is 2.56 bits per heavy atom. The van der Waals surface area contributed by atoms with Crippen molar-refractivity contribution in [1.82, 2.24) is 5.32 Å². The molecule has 1 fully saturated rings. The number of ether oxygens (including phenoxy) is 1. The fourth-order valence-corrected chi connectivity index (χ4v) is 2.49. The minimum Gasteiger partial charge on any atom is -0.381 e. The zero-order chi connectivity index (χ0) is 12.7. The first-order chi connectivity index (χ1) is 8.79. The van der Waals surface area contributed by atoms with Crippen molar-refractivity contribution in [3.8, 4) is 0 Å². The molecule has 0 aliphatic carbocycles. The smallest absolute Gasteiger partial charge is 0.0483 e. The number of benzene rings is 1. The first kappa shape index (κ1) is 13.6. The summed E-state index contributed by atoms with van der Waals surface area (Å²) < 4.78 is 5.41. The molecule has 0 atom stereocenters. The summed E-state index contributed by atoms with van der Waals surface area (Å²) in [6.45, 7) is 5.27. The fraction of sp³-hybridized carbons (Fsp3) is 0.625. The van der Waals surface area contributed by atoms with Crippen molar-refractivity contribution in [2.45, 2.75) is 44.6 Å². The monoisotopic (exact) mass is 247 g/mol. The highest BCUT2D eigenvalue weighted by Crippen LogP contribution is 2.19. The number of aryl methyl sites for hydroxylation is 1. The van der Waals surface area contributed by atoms with Crippen molar-refractivity contribution in [1.29, 1.82) is 0 Å². The summed E-state index contributed by atoms with van der Waals surface area (Å²) in [6.07, 6.45) is 6.01. The van der Waals surface area contributed by atoms with E-state index in [9.17, 15) is 0 Å². The van der Waals surface area contributed by atoms with Crippen LogP contribution in [0.3, 0.4) is 0 Å². The van der Waals surface area contributed by atoms with Gasteiger partial charge in [0.15, 0.2) is 0 Å².